The first-order valence-corrected chi connectivity index (χ1v) is 10.1. The van der Waals surface area contributed by atoms with Crippen LogP contribution in [-0.4, -0.2) is 19.2 Å². The highest BCUT2D eigenvalue weighted by molar-refractivity contribution is 9.10. The van der Waals surface area contributed by atoms with Crippen LogP contribution in [0.4, 0.5) is 0 Å². The first-order chi connectivity index (χ1) is 11.7. The van der Waals surface area contributed by atoms with Gasteiger partial charge >= 0.3 is 0 Å². The minimum Gasteiger partial charge on any atom is -0.276 e. The first-order valence-electron chi connectivity index (χ1n) is 7.41. The normalized spacial score (nSPS) is 11.6. The molecule has 8 heteroatoms. The van der Waals surface area contributed by atoms with Gasteiger partial charge < -0.3 is 0 Å². The zero-order valence-corrected chi connectivity index (χ0v) is 16.0. The van der Waals surface area contributed by atoms with Crippen molar-refractivity contribution in [1.29, 1.82) is 0 Å². The third kappa shape index (κ3) is 2.58. The highest BCUT2D eigenvalue weighted by atomic mass is 79.9. The fourth-order valence-corrected chi connectivity index (χ4v) is 4.81. The van der Waals surface area contributed by atoms with Crippen molar-refractivity contribution >= 4 is 55.0 Å². The Kier molecular flexibility index (Phi) is 4.19. The Hall–Kier alpha value is -1.64. The number of thiophene rings is 1. The molecule has 0 N–H and O–H groups in total. The van der Waals surface area contributed by atoms with Gasteiger partial charge in [-0.1, -0.05) is 39.8 Å². The summed E-state index contributed by atoms with van der Waals surface area (Å²) in [5, 5.41) is 11.3. The average molecular weight is 421 g/mol. The monoisotopic (exact) mass is 420 g/mol. The van der Waals surface area contributed by atoms with Gasteiger partial charge in [0.2, 0.25) is 5.78 Å². The van der Waals surface area contributed by atoms with Crippen LogP contribution in [0.3, 0.4) is 0 Å². The van der Waals surface area contributed by atoms with Crippen LogP contribution >= 0.6 is 39.0 Å². The van der Waals surface area contributed by atoms with Crippen molar-refractivity contribution in [3.05, 3.63) is 56.1 Å². The van der Waals surface area contributed by atoms with Crippen molar-refractivity contribution < 1.29 is 0 Å². The molecule has 0 bridgehead atoms. The molecule has 0 aliphatic rings. The predicted molar refractivity (Wildman–Crippen MR) is 102 cm³/mol. The molecule has 0 aliphatic heterocycles. The Bertz CT molecular complexity index is 1100. The van der Waals surface area contributed by atoms with Crippen LogP contribution in [0.25, 0.3) is 16.0 Å². The van der Waals surface area contributed by atoms with Crippen LogP contribution in [0.1, 0.15) is 12.5 Å². The maximum atomic E-state index is 12.5. The number of fused-ring (bicyclic) bond motifs is 3. The molecule has 0 saturated heterocycles. The zero-order valence-electron chi connectivity index (χ0n) is 12.8. The Morgan fingerprint density at radius 2 is 2.17 bits per heavy atom. The molecule has 5 nitrogen and oxygen atoms in total. The van der Waals surface area contributed by atoms with E-state index >= 15 is 0 Å². The van der Waals surface area contributed by atoms with Crippen molar-refractivity contribution in [2.45, 2.75) is 24.4 Å². The van der Waals surface area contributed by atoms with Crippen LogP contribution in [0, 0.1) is 0 Å². The van der Waals surface area contributed by atoms with E-state index in [-0.39, 0.29) is 5.56 Å². The largest absolute Gasteiger partial charge is 0.276 e. The van der Waals surface area contributed by atoms with Gasteiger partial charge in [-0.2, -0.15) is 0 Å². The molecular formula is C16H13BrN4OS2. The van der Waals surface area contributed by atoms with Gasteiger partial charge in [-0.3, -0.25) is 13.8 Å². The molecule has 0 aliphatic carbocycles. The van der Waals surface area contributed by atoms with E-state index in [9.17, 15) is 4.79 Å². The number of aromatic nitrogens is 4. The maximum Gasteiger partial charge on any atom is 0.272 e. The third-order valence-corrected chi connectivity index (χ3v) is 6.14. The second kappa shape index (κ2) is 6.34. The maximum absolute atomic E-state index is 12.5. The molecule has 122 valence electrons. The van der Waals surface area contributed by atoms with Gasteiger partial charge in [0.15, 0.2) is 5.16 Å². The lowest BCUT2D eigenvalue weighted by atomic mass is 10.2. The first kappa shape index (κ1) is 15.9. The lowest BCUT2D eigenvalue weighted by molar-refractivity contribution is 0.735. The molecule has 0 unspecified atom stereocenters. The topological polar surface area (TPSA) is 52.2 Å². The Morgan fingerprint density at radius 1 is 1.29 bits per heavy atom. The smallest absolute Gasteiger partial charge is 0.272 e. The quantitative estimate of drug-likeness (QED) is 0.464. The summed E-state index contributed by atoms with van der Waals surface area (Å²) in [5.41, 5.74) is 2.09. The number of nitrogens with zero attached hydrogens (tertiary/aromatic N) is 4. The molecule has 0 atom stereocenters. The van der Waals surface area contributed by atoms with Crippen molar-refractivity contribution in [3.63, 3.8) is 0 Å². The summed E-state index contributed by atoms with van der Waals surface area (Å²) in [6, 6.07) is 10.2. The minimum absolute atomic E-state index is 0.00550. The molecule has 4 rings (SSSR count). The summed E-state index contributed by atoms with van der Waals surface area (Å²) in [5.74, 6) is 1.39. The van der Waals surface area contributed by atoms with Gasteiger partial charge in [0.25, 0.3) is 5.56 Å². The van der Waals surface area contributed by atoms with Crippen molar-refractivity contribution in [2.24, 2.45) is 0 Å². The minimum atomic E-state index is 0.00550. The molecule has 24 heavy (non-hydrogen) atoms. The van der Waals surface area contributed by atoms with Crippen molar-refractivity contribution in [3.8, 4) is 0 Å². The Balaban J connectivity index is 1.82. The zero-order chi connectivity index (χ0) is 16.7. The Labute approximate surface area is 154 Å². The summed E-state index contributed by atoms with van der Waals surface area (Å²) >= 11 is 6.58. The molecule has 0 radical (unpaired) electrons. The molecule has 1 aromatic carbocycles. The van der Waals surface area contributed by atoms with Crippen molar-refractivity contribution in [1.82, 2.24) is 19.2 Å². The number of rotatable bonds is 4. The number of halogens is 1. The van der Waals surface area contributed by atoms with Crippen molar-refractivity contribution in [2.75, 3.05) is 0 Å². The molecule has 0 amide bonds. The number of benzene rings is 1. The molecule has 3 heterocycles. The second-order valence-corrected chi connectivity index (χ2v) is 8.00. The van der Waals surface area contributed by atoms with Crippen LogP contribution < -0.4 is 5.56 Å². The van der Waals surface area contributed by atoms with Crippen LogP contribution in [0.2, 0.25) is 0 Å². The van der Waals surface area contributed by atoms with E-state index in [1.807, 2.05) is 34.9 Å². The molecule has 0 saturated carbocycles. The molecular weight excluding hydrogens is 408 g/mol. The fourth-order valence-electron chi connectivity index (χ4n) is 2.65. The summed E-state index contributed by atoms with van der Waals surface area (Å²) in [6.45, 7) is 2.52. The fraction of sp³-hybridized carbons (Fsp3) is 0.188. The van der Waals surface area contributed by atoms with Gasteiger partial charge in [-0.05, 0) is 36.1 Å². The number of thioether (sulfide) groups is 1. The molecule has 0 fully saturated rings. The Morgan fingerprint density at radius 3 is 2.96 bits per heavy atom. The van der Waals surface area contributed by atoms with Crippen LogP contribution in [0.15, 0.2) is 50.1 Å². The average Bonchev–Trinajstić information content (AvgIpc) is 3.20. The van der Waals surface area contributed by atoms with Gasteiger partial charge in [0, 0.05) is 16.8 Å². The predicted octanol–water partition coefficient (Wildman–Crippen LogP) is 4.18. The van der Waals surface area contributed by atoms with E-state index in [0.29, 0.717) is 12.3 Å². The lowest BCUT2D eigenvalue weighted by Crippen LogP contribution is -2.21. The number of hydrogen-bond acceptors (Lipinski definition) is 5. The SMILES string of the molecule is CCn1c(=O)c2sccc2n2c(SCc3cccc(Br)c3)nnc12. The van der Waals surface area contributed by atoms with E-state index in [0.717, 1.165) is 25.6 Å². The standard InChI is InChI=1S/C16H13BrN4OS2/c1-2-20-14(22)13-12(6-7-23-13)21-15(20)18-19-16(21)24-9-10-4-3-5-11(17)8-10/h3-8H,2,9H2,1H3. The summed E-state index contributed by atoms with van der Waals surface area (Å²) in [7, 11) is 0. The highest BCUT2D eigenvalue weighted by Gasteiger charge is 2.16. The summed E-state index contributed by atoms with van der Waals surface area (Å²) < 4.78 is 5.47. The second-order valence-electron chi connectivity index (χ2n) is 5.22. The van der Waals surface area contributed by atoms with E-state index < -0.39 is 0 Å². The molecule has 3 aromatic heterocycles. The highest BCUT2D eigenvalue weighted by Crippen LogP contribution is 2.27. The van der Waals surface area contributed by atoms with Crippen LogP contribution in [0.5, 0.6) is 0 Å². The number of aryl methyl sites for hydroxylation is 1. The van der Waals surface area contributed by atoms with E-state index in [1.54, 1.807) is 16.3 Å². The van der Waals surface area contributed by atoms with Crippen LogP contribution in [-0.2, 0) is 12.3 Å². The van der Waals surface area contributed by atoms with Gasteiger partial charge in [-0.15, -0.1) is 21.5 Å². The van der Waals surface area contributed by atoms with Gasteiger partial charge in [0.1, 0.15) is 4.70 Å². The van der Waals surface area contributed by atoms with E-state index in [1.165, 1.54) is 16.9 Å². The molecule has 0 spiro atoms. The summed E-state index contributed by atoms with van der Waals surface area (Å²) in [4.78, 5) is 12.5. The van der Waals surface area contributed by atoms with Gasteiger partial charge in [0.05, 0.1) is 5.52 Å². The van der Waals surface area contributed by atoms with E-state index in [4.69, 9.17) is 0 Å². The lowest BCUT2D eigenvalue weighted by Gasteiger charge is -2.07. The van der Waals surface area contributed by atoms with E-state index in [2.05, 4.69) is 38.3 Å². The van der Waals surface area contributed by atoms with Gasteiger partial charge in [-0.25, -0.2) is 0 Å². The third-order valence-electron chi connectivity index (χ3n) is 3.76. The summed E-state index contributed by atoms with van der Waals surface area (Å²) in [6.07, 6.45) is 0. The number of hydrogen-bond donors (Lipinski definition) is 0. The molecule has 4 aromatic rings.